The first-order valence-electron chi connectivity index (χ1n) is 6.15. The van der Waals surface area contributed by atoms with Crippen LogP contribution < -0.4 is 16.0 Å². The lowest BCUT2D eigenvalue weighted by molar-refractivity contribution is -0.118. The number of hydrogen-bond donors (Lipinski definition) is 3. The van der Waals surface area contributed by atoms with Gasteiger partial charge >= 0.3 is 6.03 Å². The third kappa shape index (κ3) is 6.01. The predicted octanol–water partition coefficient (Wildman–Crippen LogP) is 2.48. The van der Waals surface area contributed by atoms with E-state index in [2.05, 4.69) is 31.9 Å². The Hall–Kier alpha value is -1.63. The molecule has 0 bridgehead atoms. The Morgan fingerprint density at radius 3 is 2.65 bits per heavy atom. The van der Waals surface area contributed by atoms with Crippen molar-refractivity contribution in [2.75, 3.05) is 18.4 Å². The first kappa shape index (κ1) is 16.4. The number of benzene rings is 1. The topological polar surface area (TPSA) is 70.2 Å². The Morgan fingerprint density at radius 2 is 2.05 bits per heavy atom. The van der Waals surface area contributed by atoms with Gasteiger partial charge in [-0.25, -0.2) is 9.18 Å². The van der Waals surface area contributed by atoms with Gasteiger partial charge < -0.3 is 10.6 Å². The fraction of sp³-hybridized carbons (Fsp3) is 0.385. The highest BCUT2D eigenvalue weighted by atomic mass is 79.9. The molecule has 0 spiro atoms. The van der Waals surface area contributed by atoms with E-state index in [1.165, 1.54) is 12.1 Å². The number of halogens is 2. The molecule has 0 unspecified atom stereocenters. The largest absolute Gasteiger partial charge is 0.374 e. The van der Waals surface area contributed by atoms with Gasteiger partial charge in [-0.1, -0.05) is 29.8 Å². The van der Waals surface area contributed by atoms with E-state index in [-0.39, 0.29) is 12.2 Å². The lowest BCUT2D eigenvalue weighted by Crippen LogP contribution is -2.43. The molecule has 0 saturated heterocycles. The normalized spacial score (nSPS) is 10.2. The second-order valence-electron chi connectivity index (χ2n) is 4.63. The highest BCUT2D eigenvalue weighted by molar-refractivity contribution is 9.10. The summed E-state index contributed by atoms with van der Waals surface area (Å²) < 4.78 is 14.1. The highest BCUT2D eigenvalue weighted by Crippen LogP contribution is 2.18. The van der Waals surface area contributed by atoms with Crippen LogP contribution in [0.2, 0.25) is 0 Å². The minimum absolute atomic E-state index is 0.187. The molecule has 1 aromatic rings. The maximum atomic E-state index is 13.5. The maximum absolute atomic E-state index is 13.5. The smallest absolute Gasteiger partial charge is 0.321 e. The van der Waals surface area contributed by atoms with Crippen LogP contribution in [0.25, 0.3) is 0 Å². The molecular formula is C13H17BrFN3O2. The first-order valence-corrected chi connectivity index (χ1v) is 6.94. The summed E-state index contributed by atoms with van der Waals surface area (Å²) in [7, 11) is 0. The van der Waals surface area contributed by atoms with Crippen LogP contribution in [0.1, 0.15) is 13.8 Å². The number of hydrogen-bond acceptors (Lipinski definition) is 3. The molecule has 0 radical (unpaired) electrons. The quantitative estimate of drug-likeness (QED) is 0.767. The third-order valence-electron chi connectivity index (χ3n) is 2.29. The number of nitrogens with one attached hydrogen (secondary N) is 3. The molecule has 0 saturated carbocycles. The van der Waals surface area contributed by atoms with Crippen molar-refractivity contribution in [3.63, 3.8) is 0 Å². The molecule has 7 heteroatoms. The van der Waals surface area contributed by atoms with Gasteiger partial charge in [0.05, 0.1) is 12.2 Å². The summed E-state index contributed by atoms with van der Waals surface area (Å²) in [6.07, 6.45) is 0. The van der Waals surface area contributed by atoms with Gasteiger partial charge in [0.1, 0.15) is 5.82 Å². The van der Waals surface area contributed by atoms with Crippen molar-refractivity contribution in [2.24, 2.45) is 5.92 Å². The van der Waals surface area contributed by atoms with Crippen LogP contribution in [0.15, 0.2) is 22.7 Å². The lowest BCUT2D eigenvalue weighted by atomic mass is 10.2. The predicted molar refractivity (Wildman–Crippen MR) is 79.0 cm³/mol. The molecule has 3 N–H and O–H groups in total. The van der Waals surface area contributed by atoms with Crippen LogP contribution in [-0.4, -0.2) is 25.0 Å². The molecule has 110 valence electrons. The molecule has 20 heavy (non-hydrogen) atoms. The number of urea groups is 1. The molecule has 3 amide bonds. The Morgan fingerprint density at radius 1 is 1.35 bits per heavy atom. The van der Waals surface area contributed by atoms with Crippen molar-refractivity contribution >= 4 is 33.6 Å². The summed E-state index contributed by atoms with van der Waals surface area (Å²) >= 11 is 3.14. The Balaban J connectivity index is 2.38. The van der Waals surface area contributed by atoms with Gasteiger partial charge in [0.2, 0.25) is 5.91 Å². The van der Waals surface area contributed by atoms with Gasteiger partial charge in [-0.05, 0) is 24.1 Å². The van der Waals surface area contributed by atoms with Crippen LogP contribution >= 0.6 is 15.9 Å². The molecule has 0 atom stereocenters. The molecule has 0 aliphatic rings. The minimum atomic E-state index is -0.554. The SMILES string of the molecule is CC(C)CNC(=O)NC(=O)CNc1ccc(Br)cc1F. The Bertz CT molecular complexity index is 495. The van der Waals surface area contributed by atoms with Gasteiger partial charge in [-0.15, -0.1) is 0 Å². The van der Waals surface area contributed by atoms with Gasteiger partial charge in [0, 0.05) is 11.0 Å². The molecule has 0 aromatic heterocycles. The number of imide groups is 1. The zero-order valence-corrected chi connectivity index (χ0v) is 12.9. The summed E-state index contributed by atoms with van der Waals surface area (Å²) in [5.74, 6) is -0.712. The number of amides is 3. The van der Waals surface area contributed by atoms with Crippen molar-refractivity contribution < 1.29 is 14.0 Å². The fourth-order valence-electron chi connectivity index (χ4n) is 1.32. The van der Waals surface area contributed by atoms with Crippen LogP contribution in [-0.2, 0) is 4.79 Å². The molecular weight excluding hydrogens is 329 g/mol. The van der Waals surface area contributed by atoms with Crippen LogP contribution in [0.4, 0.5) is 14.9 Å². The van der Waals surface area contributed by atoms with Crippen molar-refractivity contribution in [3.05, 3.63) is 28.5 Å². The fourth-order valence-corrected chi connectivity index (χ4v) is 1.65. The molecule has 0 heterocycles. The van der Waals surface area contributed by atoms with Gasteiger partial charge in [0.25, 0.3) is 0 Å². The van der Waals surface area contributed by atoms with E-state index in [1.54, 1.807) is 6.07 Å². The van der Waals surface area contributed by atoms with E-state index >= 15 is 0 Å². The van der Waals surface area contributed by atoms with Crippen LogP contribution in [0.5, 0.6) is 0 Å². The van der Waals surface area contributed by atoms with Crippen molar-refractivity contribution in [1.82, 2.24) is 10.6 Å². The summed E-state index contributed by atoms with van der Waals surface area (Å²) in [5.41, 5.74) is 0.200. The summed E-state index contributed by atoms with van der Waals surface area (Å²) in [4.78, 5) is 22.8. The minimum Gasteiger partial charge on any atom is -0.374 e. The second kappa shape index (κ2) is 7.84. The van der Waals surface area contributed by atoms with Crippen molar-refractivity contribution in [1.29, 1.82) is 0 Å². The molecule has 0 aliphatic carbocycles. The number of rotatable bonds is 5. The average Bonchev–Trinajstić information content (AvgIpc) is 2.35. The third-order valence-corrected chi connectivity index (χ3v) is 2.79. The highest BCUT2D eigenvalue weighted by Gasteiger charge is 2.09. The van der Waals surface area contributed by atoms with E-state index in [1.807, 2.05) is 13.8 Å². The van der Waals surface area contributed by atoms with E-state index in [4.69, 9.17) is 0 Å². The van der Waals surface area contributed by atoms with Crippen molar-refractivity contribution in [3.8, 4) is 0 Å². The number of carbonyl (C=O) groups is 2. The van der Waals surface area contributed by atoms with Crippen LogP contribution in [0.3, 0.4) is 0 Å². The Kier molecular flexibility index (Phi) is 6.44. The van der Waals surface area contributed by atoms with Crippen molar-refractivity contribution in [2.45, 2.75) is 13.8 Å². The first-order chi connectivity index (χ1) is 9.38. The maximum Gasteiger partial charge on any atom is 0.321 e. The lowest BCUT2D eigenvalue weighted by Gasteiger charge is -2.10. The van der Waals surface area contributed by atoms with Gasteiger partial charge in [-0.2, -0.15) is 0 Å². The summed E-state index contributed by atoms with van der Waals surface area (Å²) in [6.45, 7) is 4.18. The molecule has 1 rings (SSSR count). The second-order valence-corrected chi connectivity index (χ2v) is 5.55. The van der Waals surface area contributed by atoms with Gasteiger partial charge in [0.15, 0.2) is 0 Å². The van der Waals surface area contributed by atoms with E-state index in [0.29, 0.717) is 16.9 Å². The zero-order chi connectivity index (χ0) is 15.1. The number of carbonyl (C=O) groups excluding carboxylic acids is 2. The van der Waals surface area contributed by atoms with E-state index in [0.717, 1.165) is 0 Å². The van der Waals surface area contributed by atoms with Crippen LogP contribution in [0, 0.1) is 11.7 Å². The van der Waals surface area contributed by atoms with Gasteiger partial charge in [-0.3, -0.25) is 10.1 Å². The number of anilines is 1. The average molecular weight is 346 g/mol. The summed E-state index contributed by atoms with van der Waals surface area (Å²) in [6, 6.07) is 3.89. The standard InChI is InChI=1S/C13H17BrFN3O2/c1-8(2)6-17-13(20)18-12(19)7-16-11-4-3-9(14)5-10(11)15/h3-5,8,16H,6-7H2,1-2H3,(H2,17,18,19,20). The van der Waals surface area contributed by atoms with E-state index in [9.17, 15) is 14.0 Å². The molecule has 0 aliphatic heterocycles. The Labute approximate surface area is 125 Å². The molecule has 0 fully saturated rings. The summed E-state index contributed by atoms with van der Waals surface area (Å²) in [5, 5.41) is 7.33. The molecule has 1 aromatic carbocycles. The van der Waals surface area contributed by atoms with E-state index < -0.39 is 17.8 Å². The molecule has 5 nitrogen and oxygen atoms in total. The zero-order valence-electron chi connectivity index (χ0n) is 11.3. The monoisotopic (exact) mass is 345 g/mol.